The zero-order valence-electron chi connectivity index (χ0n) is 12.8. The van der Waals surface area contributed by atoms with Crippen molar-refractivity contribution >= 4 is 35.5 Å². The Hall–Kier alpha value is -0.510. The van der Waals surface area contributed by atoms with Gasteiger partial charge in [-0.3, -0.25) is 4.79 Å². The van der Waals surface area contributed by atoms with Crippen molar-refractivity contribution in [3.05, 3.63) is 30.3 Å². The summed E-state index contributed by atoms with van der Waals surface area (Å²) in [5, 5.41) is 8.63. The van der Waals surface area contributed by atoms with E-state index in [-0.39, 0.29) is 35.5 Å². The molecule has 0 atom stereocenters. The van der Waals surface area contributed by atoms with Gasteiger partial charge in [0.25, 0.3) is 0 Å². The molecule has 0 fully saturated rings. The Balaban J connectivity index is 0. The Bertz CT molecular complexity index is 328. The number of aromatic hydroxyl groups is 1. The molecule has 1 aromatic rings. The summed E-state index contributed by atoms with van der Waals surface area (Å²) < 4.78 is 4.83. The Labute approximate surface area is 151 Å². The molecule has 0 amide bonds. The van der Waals surface area contributed by atoms with Crippen molar-refractivity contribution in [3.8, 4) is 5.75 Å². The molecule has 0 saturated carbocycles. The third-order valence-electron chi connectivity index (χ3n) is 2.81. The summed E-state index contributed by atoms with van der Waals surface area (Å²) in [5.74, 6) is 0.161. The van der Waals surface area contributed by atoms with Gasteiger partial charge in [-0.1, -0.05) is 63.6 Å². The van der Waals surface area contributed by atoms with E-state index in [9.17, 15) is 4.79 Å². The zero-order valence-corrected chi connectivity index (χ0v) is 12.8. The molecule has 1 aromatic carbocycles. The summed E-state index contributed by atoms with van der Waals surface area (Å²) in [7, 11) is 0. The second kappa shape index (κ2) is 17.5. The van der Waals surface area contributed by atoms with Crippen LogP contribution in [0.15, 0.2) is 30.3 Å². The summed E-state index contributed by atoms with van der Waals surface area (Å²) in [6.07, 6.45) is 8.82. The van der Waals surface area contributed by atoms with Gasteiger partial charge in [0.05, 0.1) is 6.61 Å². The van der Waals surface area contributed by atoms with Crippen LogP contribution in [0.5, 0.6) is 5.75 Å². The second-order valence-electron chi connectivity index (χ2n) is 4.80. The number of rotatable bonds is 8. The predicted molar refractivity (Wildman–Crippen MR) is 89.9 cm³/mol. The summed E-state index contributed by atoms with van der Waals surface area (Å²) in [6.45, 7) is 4.28. The van der Waals surface area contributed by atoms with Gasteiger partial charge in [0, 0.05) is 6.92 Å². The number of unbranched alkanes of at least 4 members (excludes halogenated alkanes) is 6. The molecule has 0 spiro atoms. The van der Waals surface area contributed by atoms with Gasteiger partial charge in [-0.05, 0) is 18.6 Å². The number of hydrogen-bond donors (Lipinski definition) is 1. The van der Waals surface area contributed by atoms with Crippen molar-refractivity contribution in [2.75, 3.05) is 6.61 Å². The molecule has 4 heteroatoms. The van der Waals surface area contributed by atoms with Crippen molar-refractivity contribution < 1.29 is 14.6 Å². The maximum atomic E-state index is 10.4. The normalized spacial score (nSPS) is 9.05. The molecule has 116 valence electrons. The molecular formula is C17H29NaO3. The topological polar surface area (TPSA) is 46.5 Å². The Kier molecular flexibility index (Phi) is 19.0. The van der Waals surface area contributed by atoms with Crippen molar-refractivity contribution in [2.24, 2.45) is 0 Å². The van der Waals surface area contributed by atoms with E-state index >= 15 is 0 Å². The van der Waals surface area contributed by atoms with Gasteiger partial charge in [0.15, 0.2) is 0 Å². The van der Waals surface area contributed by atoms with E-state index in [4.69, 9.17) is 9.84 Å². The number of phenolic OH excluding ortho intramolecular Hbond substituents is 1. The van der Waals surface area contributed by atoms with Crippen LogP contribution < -0.4 is 0 Å². The molecule has 0 unspecified atom stereocenters. The molecule has 0 bridgehead atoms. The van der Waals surface area contributed by atoms with Crippen molar-refractivity contribution in [1.29, 1.82) is 0 Å². The van der Waals surface area contributed by atoms with E-state index < -0.39 is 0 Å². The molecule has 21 heavy (non-hydrogen) atoms. The number of benzene rings is 1. The molecule has 1 N–H and O–H groups in total. The molecule has 1 rings (SSSR count). The van der Waals surface area contributed by atoms with Crippen LogP contribution in [0.3, 0.4) is 0 Å². The third-order valence-corrected chi connectivity index (χ3v) is 2.81. The molecule has 0 heterocycles. The first-order chi connectivity index (χ1) is 9.66. The van der Waals surface area contributed by atoms with E-state index in [1.807, 2.05) is 6.07 Å². The number of para-hydroxylation sites is 1. The van der Waals surface area contributed by atoms with Gasteiger partial charge in [0.1, 0.15) is 5.75 Å². The van der Waals surface area contributed by atoms with Gasteiger partial charge in [-0.15, -0.1) is 0 Å². The molecule has 0 saturated heterocycles. The molecular weight excluding hydrogens is 275 g/mol. The third kappa shape index (κ3) is 19.5. The summed E-state index contributed by atoms with van der Waals surface area (Å²) >= 11 is 0. The van der Waals surface area contributed by atoms with Gasteiger partial charge in [0.2, 0.25) is 0 Å². The van der Waals surface area contributed by atoms with Gasteiger partial charge in [-0.2, -0.15) is 0 Å². The van der Waals surface area contributed by atoms with Crippen molar-refractivity contribution in [1.82, 2.24) is 0 Å². The molecule has 0 aliphatic carbocycles. The van der Waals surface area contributed by atoms with Crippen LogP contribution in [0.1, 0.15) is 58.8 Å². The average Bonchev–Trinajstić information content (AvgIpc) is 2.43. The van der Waals surface area contributed by atoms with Crippen LogP contribution in [0.2, 0.25) is 0 Å². The van der Waals surface area contributed by atoms with Crippen LogP contribution in [0.4, 0.5) is 0 Å². The summed E-state index contributed by atoms with van der Waals surface area (Å²) in [4.78, 5) is 10.4. The Morgan fingerprint density at radius 1 is 1.00 bits per heavy atom. The predicted octanol–water partition coefficient (Wildman–Crippen LogP) is 4.04. The fourth-order valence-corrected chi connectivity index (χ4v) is 1.70. The number of hydrogen-bond acceptors (Lipinski definition) is 3. The first-order valence-corrected chi connectivity index (χ1v) is 7.54. The quantitative estimate of drug-likeness (QED) is 0.448. The fraction of sp³-hybridized carbons (Fsp3) is 0.588. The Morgan fingerprint density at radius 3 is 1.95 bits per heavy atom. The molecule has 0 aliphatic heterocycles. The number of phenols is 1. The van der Waals surface area contributed by atoms with Crippen LogP contribution >= 0.6 is 0 Å². The monoisotopic (exact) mass is 304 g/mol. The molecule has 3 nitrogen and oxygen atoms in total. The summed E-state index contributed by atoms with van der Waals surface area (Å²) in [6, 6.07) is 8.71. The number of carbonyl (C=O) groups is 1. The van der Waals surface area contributed by atoms with Crippen LogP contribution in [0.25, 0.3) is 0 Å². The van der Waals surface area contributed by atoms with Gasteiger partial charge < -0.3 is 9.84 Å². The minimum absolute atomic E-state index is 0. The number of carbonyl (C=O) groups excluding carboxylic acids is 1. The number of ether oxygens (including phenoxy) is 1. The van der Waals surface area contributed by atoms with Crippen LogP contribution in [-0.2, 0) is 9.53 Å². The summed E-state index contributed by atoms with van der Waals surface area (Å²) in [5.41, 5.74) is 0. The number of esters is 1. The maximum absolute atomic E-state index is 10.4. The SMILES string of the molecule is CCCCCCCCCOC(C)=O.Oc1ccccc1.[NaH]. The van der Waals surface area contributed by atoms with E-state index in [1.54, 1.807) is 24.3 Å². The fourth-order valence-electron chi connectivity index (χ4n) is 1.70. The molecule has 0 radical (unpaired) electrons. The first kappa shape index (κ1) is 22.8. The minimum atomic E-state index is -0.161. The van der Waals surface area contributed by atoms with E-state index in [0.29, 0.717) is 12.4 Å². The zero-order chi connectivity index (χ0) is 15.1. The average molecular weight is 304 g/mol. The van der Waals surface area contributed by atoms with Crippen molar-refractivity contribution in [2.45, 2.75) is 58.8 Å². The standard InChI is InChI=1S/C11H22O2.C6H6O.Na.H/c1-3-4-5-6-7-8-9-10-13-11(2)12;7-6-4-2-1-3-5-6;;/h3-10H2,1-2H3;1-5,7H;;. The van der Waals surface area contributed by atoms with Crippen molar-refractivity contribution in [3.63, 3.8) is 0 Å². The molecule has 0 aromatic heterocycles. The van der Waals surface area contributed by atoms with Gasteiger partial charge >= 0.3 is 35.5 Å². The van der Waals surface area contributed by atoms with E-state index in [0.717, 1.165) is 6.42 Å². The first-order valence-electron chi connectivity index (χ1n) is 7.54. The van der Waals surface area contributed by atoms with Crippen LogP contribution in [0, 0.1) is 0 Å². The Morgan fingerprint density at radius 2 is 1.52 bits per heavy atom. The second-order valence-corrected chi connectivity index (χ2v) is 4.80. The van der Waals surface area contributed by atoms with Crippen LogP contribution in [-0.4, -0.2) is 47.2 Å². The molecule has 0 aliphatic rings. The van der Waals surface area contributed by atoms with E-state index in [2.05, 4.69) is 6.92 Å². The van der Waals surface area contributed by atoms with Gasteiger partial charge in [-0.25, -0.2) is 0 Å². The van der Waals surface area contributed by atoms with E-state index in [1.165, 1.54) is 45.4 Å².